The summed E-state index contributed by atoms with van der Waals surface area (Å²) in [4.78, 5) is 0. The molecule has 1 aromatic heterocycles. The number of aromatic nitrogens is 4. The van der Waals surface area contributed by atoms with Gasteiger partial charge in [-0.1, -0.05) is 30.8 Å². The van der Waals surface area contributed by atoms with E-state index in [9.17, 15) is 0 Å². The van der Waals surface area contributed by atoms with Crippen molar-refractivity contribution in [3.05, 3.63) is 12.2 Å². The SMILES string of the molecule is CC=CCSc1nnnn1CCNCCC. The molecule has 0 aliphatic carbocycles. The van der Waals surface area contributed by atoms with Gasteiger partial charge in [-0.25, -0.2) is 4.68 Å². The number of tetrazole rings is 1. The molecule has 6 heteroatoms. The van der Waals surface area contributed by atoms with Gasteiger partial charge in [-0.05, 0) is 30.3 Å². The lowest BCUT2D eigenvalue weighted by atomic mass is 10.5. The molecule has 5 nitrogen and oxygen atoms in total. The van der Waals surface area contributed by atoms with E-state index in [1.54, 1.807) is 11.8 Å². The van der Waals surface area contributed by atoms with E-state index in [1.807, 2.05) is 17.7 Å². The smallest absolute Gasteiger partial charge is 0.209 e. The van der Waals surface area contributed by atoms with E-state index in [0.29, 0.717) is 0 Å². The van der Waals surface area contributed by atoms with Gasteiger partial charge in [0, 0.05) is 12.3 Å². The summed E-state index contributed by atoms with van der Waals surface area (Å²) in [6, 6.07) is 0. The van der Waals surface area contributed by atoms with Crippen molar-refractivity contribution in [2.24, 2.45) is 0 Å². The van der Waals surface area contributed by atoms with Crippen LogP contribution in [0.4, 0.5) is 0 Å². The molecule has 0 spiro atoms. The fourth-order valence-corrected chi connectivity index (χ4v) is 1.95. The van der Waals surface area contributed by atoms with Gasteiger partial charge < -0.3 is 5.32 Å². The van der Waals surface area contributed by atoms with Crippen molar-refractivity contribution in [2.45, 2.75) is 32.0 Å². The maximum atomic E-state index is 3.99. The predicted molar refractivity (Wildman–Crippen MR) is 66.5 cm³/mol. The number of hydrogen-bond acceptors (Lipinski definition) is 5. The first kappa shape index (κ1) is 13.2. The van der Waals surface area contributed by atoms with Gasteiger partial charge >= 0.3 is 0 Å². The molecule has 0 atom stereocenters. The van der Waals surface area contributed by atoms with Crippen molar-refractivity contribution in [1.29, 1.82) is 0 Å². The van der Waals surface area contributed by atoms with Crippen molar-refractivity contribution in [2.75, 3.05) is 18.8 Å². The van der Waals surface area contributed by atoms with E-state index >= 15 is 0 Å². The molecule has 1 rings (SSSR count). The third kappa shape index (κ3) is 4.76. The zero-order valence-electron chi connectivity index (χ0n) is 9.89. The lowest BCUT2D eigenvalue weighted by Gasteiger charge is -2.04. The summed E-state index contributed by atoms with van der Waals surface area (Å²) in [6.45, 7) is 6.95. The summed E-state index contributed by atoms with van der Waals surface area (Å²) in [5.41, 5.74) is 0. The topological polar surface area (TPSA) is 55.6 Å². The first-order chi connectivity index (χ1) is 7.88. The van der Waals surface area contributed by atoms with Crippen LogP contribution in [0.15, 0.2) is 17.3 Å². The highest BCUT2D eigenvalue weighted by Crippen LogP contribution is 2.12. The molecule has 0 aliphatic heterocycles. The van der Waals surface area contributed by atoms with Gasteiger partial charge in [0.1, 0.15) is 0 Å². The second-order valence-electron chi connectivity index (χ2n) is 3.31. The Morgan fingerprint density at radius 2 is 2.31 bits per heavy atom. The summed E-state index contributed by atoms with van der Waals surface area (Å²) < 4.78 is 1.84. The van der Waals surface area contributed by atoms with Gasteiger partial charge in [0.2, 0.25) is 5.16 Å². The minimum atomic E-state index is 0.825. The van der Waals surface area contributed by atoms with Gasteiger partial charge in [0.05, 0.1) is 6.54 Å². The van der Waals surface area contributed by atoms with Crippen molar-refractivity contribution in [3.8, 4) is 0 Å². The van der Waals surface area contributed by atoms with Crippen molar-refractivity contribution < 1.29 is 0 Å². The average Bonchev–Trinajstić information content (AvgIpc) is 2.73. The lowest BCUT2D eigenvalue weighted by molar-refractivity contribution is 0.511. The highest BCUT2D eigenvalue weighted by atomic mass is 32.2. The summed E-state index contributed by atoms with van der Waals surface area (Å²) in [7, 11) is 0. The Hall–Kier alpha value is -0.880. The van der Waals surface area contributed by atoms with Crippen LogP contribution in [-0.4, -0.2) is 39.0 Å². The van der Waals surface area contributed by atoms with E-state index in [-0.39, 0.29) is 0 Å². The van der Waals surface area contributed by atoms with Crippen molar-refractivity contribution in [3.63, 3.8) is 0 Å². The summed E-state index contributed by atoms with van der Waals surface area (Å²) >= 11 is 1.65. The molecule has 1 N–H and O–H groups in total. The molecule has 0 radical (unpaired) electrons. The Kier molecular flexibility index (Phi) is 6.83. The van der Waals surface area contributed by atoms with Crippen LogP contribution in [-0.2, 0) is 6.54 Å². The predicted octanol–water partition coefficient (Wildman–Crippen LogP) is 1.34. The molecular weight excluding hydrogens is 222 g/mol. The molecule has 0 saturated carbocycles. The molecule has 0 aromatic carbocycles. The van der Waals surface area contributed by atoms with Crippen LogP contribution in [0.1, 0.15) is 20.3 Å². The zero-order chi connectivity index (χ0) is 11.6. The first-order valence-corrected chi connectivity index (χ1v) is 6.57. The molecular formula is C10H19N5S. The van der Waals surface area contributed by atoms with Crippen LogP contribution in [0, 0.1) is 0 Å². The molecule has 0 unspecified atom stereocenters. The fourth-order valence-electron chi connectivity index (χ4n) is 1.15. The van der Waals surface area contributed by atoms with Crippen LogP contribution >= 0.6 is 11.8 Å². The highest BCUT2D eigenvalue weighted by Gasteiger charge is 2.04. The van der Waals surface area contributed by atoms with Crippen LogP contribution < -0.4 is 5.32 Å². The number of nitrogens with one attached hydrogen (secondary N) is 1. The largest absolute Gasteiger partial charge is 0.315 e. The Labute approximate surface area is 101 Å². The molecule has 1 aromatic rings. The van der Waals surface area contributed by atoms with Crippen LogP contribution in [0.25, 0.3) is 0 Å². The third-order valence-electron chi connectivity index (χ3n) is 1.97. The molecule has 0 saturated heterocycles. The van der Waals surface area contributed by atoms with E-state index in [2.05, 4.69) is 33.8 Å². The van der Waals surface area contributed by atoms with Gasteiger partial charge in [0.15, 0.2) is 0 Å². The van der Waals surface area contributed by atoms with E-state index in [4.69, 9.17) is 0 Å². The van der Waals surface area contributed by atoms with Crippen molar-refractivity contribution >= 4 is 11.8 Å². The molecule has 0 bridgehead atoms. The normalized spacial score (nSPS) is 11.4. The average molecular weight is 241 g/mol. The number of rotatable bonds is 8. The Balaban J connectivity index is 2.32. The maximum Gasteiger partial charge on any atom is 0.209 e. The first-order valence-electron chi connectivity index (χ1n) is 5.59. The summed E-state index contributed by atoms with van der Waals surface area (Å²) in [5, 5.41) is 15.9. The van der Waals surface area contributed by atoms with Gasteiger partial charge in [0.25, 0.3) is 0 Å². The van der Waals surface area contributed by atoms with E-state index in [1.165, 1.54) is 0 Å². The molecule has 0 fully saturated rings. The number of nitrogens with zero attached hydrogens (tertiary/aromatic N) is 4. The monoisotopic (exact) mass is 241 g/mol. The molecule has 90 valence electrons. The molecule has 1 heterocycles. The van der Waals surface area contributed by atoms with E-state index < -0.39 is 0 Å². The zero-order valence-corrected chi connectivity index (χ0v) is 10.7. The Bertz CT molecular complexity index is 310. The molecule has 0 amide bonds. The second kappa shape index (κ2) is 8.29. The van der Waals surface area contributed by atoms with Gasteiger partial charge in [-0.15, -0.1) is 5.10 Å². The van der Waals surface area contributed by atoms with Crippen LogP contribution in [0.3, 0.4) is 0 Å². The van der Waals surface area contributed by atoms with Gasteiger partial charge in [-0.3, -0.25) is 0 Å². The standard InChI is InChI=1S/C10H19N5S/c1-3-5-9-16-10-12-13-14-15(10)8-7-11-6-4-2/h3,5,11H,4,6-9H2,1-2H3. The minimum Gasteiger partial charge on any atom is -0.315 e. The van der Waals surface area contributed by atoms with Gasteiger partial charge in [-0.2, -0.15) is 0 Å². The maximum absolute atomic E-state index is 3.99. The number of allylic oxidation sites excluding steroid dienone is 1. The molecule has 0 aliphatic rings. The quantitative estimate of drug-likeness (QED) is 0.423. The fraction of sp³-hybridized carbons (Fsp3) is 0.700. The molecule has 16 heavy (non-hydrogen) atoms. The third-order valence-corrected chi connectivity index (χ3v) is 2.88. The highest BCUT2D eigenvalue weighted by molar-refractivity contribution is 7.99. The van der Waals surface area contributed by atoms with Crippen molar-refractivity contribution in [1.82, 2.24) is 25.5 Å². The Morgan fingerprint density at radius 3 is 3.06 bits per heavy atom. The summed E-state index contributed by atoms with van der Waals surface area (Å²) in [5.74, 6) is 0.916. The minimum absolute atomic E-state index is 0.825. The van der Waals surface area contributed by atoms with E-state index in [0.717, 1.165) is 37.0 Å². The number of hydrogen-bond donors (Lipinski definition) is 1. The number of thioether (sulfide) groups is 1. The van der Waals surface area contributed by atoms with Crippen LogP contribution in [0.5, 0.6) is 0 Å². The second-order valence-corrected chi connectivity index (χ2v) is 4.30. The Morgan fingerprint density at radius 1 is 1.44 bits per heavy atom. The van der Waals surface area contributed by atoms with Crippen LogP contribution in [0.2, 0.25) is 0 Å². The lowest BCUT2D eigenvalue weighted by Crippen LogP contribution is -2.21. The summed E-state index contributed by atoms with van der Waals surface area (Å²) in [6.07, 6.45) is 5.28.